The number of hydrogen-bond acceptors (Lipinski definition) is 7. The number of carbonyl (C=O) groups excluding carboxylic acids is 2. The van der Waals surface area contributed by atoms with Crippen molar-refractivity contribution in [1.82, 2.24) is 5.32 Å². The third-order valence-electron chi connectivity index (χ3n) is 7.00. The lowest BCUT2D eigenvalue weighted by molar-refractivity contribution is -0.149. The van der Waals surface area contributed by atoms with Crippen molar-refractivity contribution in [2.45, 2.75) is 49.3 Å². The molecule has 7 N–H and O–H groups in total. The van der Waals surface area contributed by atoms with Crippen molar-refractivity contribution in [2.75, 3.05) is 5.75 Å². The Morgan fingerprint density at radius 1 is 0.953 bits per heavy atom. The summed E-state index contributed by atoms with van der Waals surface area (Å²) in [4.78, 5) is 49.3. The Kier molecular flexibility index (Phi) is 11.3. The van der Waals surface area contributed by atoms with Crippen LogP contribution in [0.25, 0.3) is 11.1 Å². The smallest absolute Gasteiger partial charge is 0.416 e. The average Bonchev–Trinajstić information content (AvgIpc) is 2.98. The number of nitrogens with two attached hydrogens (primary N) is 2. The first-order chi connectivity index (χ1) is 20.2. The lowest BCUT2D eigenvalue weighted by atomic mass is 9.70. The number of rotatable bonds is 14. The molecule has 0 spiro atoms. The highest BCUT2D eigenvalue weighted by Gasteiger charge is 2.49. The summed E-state index contributed by atoms with van der Waals surface area (Å²) < 4.78 is 39.2. The van der Waals surface area contributed by atoms with Crippen LogP contribution < -0.4 is 16.8 Å². The molecule has 1 unspecified atom stereocenters. The Morgan fingerprint density at radius 3 is 2.23 bits per heavy atom. The molecule has 0 saturated heterocycles. The van der Waals surface area contributed by atoms with E-state index >= 15 is 0 Å². The summed E-state index contributed by atoms with van der Waals surface area (Å²) in [5.41, 5.74) is 11.1. The molecule has 1 aliphatic rings. The number of carboxylic acid groups (broad SMARTS) is 2. The highest BCUT2D eigenvalue weighted by Crippen LogP contribution is 2.36. The average molecular weight is 620 g/mol. The van der Waals surface area contributed by atoms with Gasteiger partial charge in [-0.1, -0.05) is 60.7 Å². The van der Waals surface area contributed by atoms with Crippen LogP contribution in [0.1, 0.15) is 30.4 Å². The summed E-state index contributed by atoms with van der Waals surface area (Å²) in [6.07, 6.45) is 1.12. The molecular weight excluding hydrogens is 587 g/mol. The summed E-state index contributed by atoms with van der Waals surface area (Å²) in [5, 5.41) is 21.2. The number of carboxylic acids is 2. The maximum absolute atomic E-state index is 13.6. The number of alkyl halides is 3. The van der Waals surface area contributed by atoms with E-state index in [0.29, 0.717) is 16.9 Å². The fourth-order valence-electron chi connectivity index (χ4n) is 4.62. The number of amides is 1. The predicted octanol–water partition coefficient (Wildman–Crippen LogP) is 3.77. The number of Topliss-reactive ketones (excluding diaryl/α,β-unsaturated/α-hetero) is 1. The lowest BCUT2D eigenvalue weighted by Crippen LogP contribution is -2.59. The fraction of sp³-hybridized carbons (Fsp3) is 0.333. The minimum absolute atomic E-state index is 0.0242. The molecule has 1 aliphatic carbocycles. The first kappa shape index (κ1) is 33.6. The second kappa shape index (κ2) is 14.5. The fourth-order valence-corrected chi connectivity index (χ4v) is 5.57. The largest absolute Gasteiger partial charge is 0.480 e. The Labute approximate surface area is 250 Å². The predicted molar refractivity (Wildman–Crippen MR) is 156 cm³/mol. The first-order valence-electron chi connectivity index (χ1n) is 13.2. The molecule has 43 heavy (non-hydrogen) atoms. The van der Waals surface area contributed by atoms with Crippen molar-refractivity contribution in [3.63, 3.8) is 0 Å². The number of nitrogens with one attached hydrogen (secondary N) is 1. The summed E-state index contributed by atoms with van der Waals surface area (Å²) in [7, 11) is 0. The van der Waals surface area contributed by atoms with E-state index in [1.54, 1.807) is 42.5 Å². The Morgan fingerprint density at radius 2 is 1.65 bits per heavy atom. The number of halogens is 3. The Hall–Kier alpha value is -3.94. The zero-order valence-electron chi connectivity index (χ0n) is 22.9. The van der Waals surface area contributed by atoms with Crippen LogP contribution in [0, 0.1) is 5.41 Å². The van der Waals surface area contributed by atoms with Crippen LogP contribution in [0.5, 0.6) is 0 Å². The molecule has 0 aromatic heterocycles. The molecule has 2 aromatic rings. The number of allylic oxidation sites excluding steroid dienone is 3. The zero-order valence-corrected chi connectivity index (χ0v) is 23.7. The van der Waals surface area contributed by atoms with Crippen LogP contribution in [-0.4, -0.2) is 57.7 Å². The molecule has 1 amide bonds. The molecule has 0 fully saturated rings. The lowest BCUT2D eigenvalue weighted by Gasteiger charge is -2.37. The quantitative estimate of drug-likeness (QED) is 0.211. The number of benzene rings is 2. The van der Waals surface area contributed by atoms with Crippen LogP contribution >= 0.6 is 11.8 Å². The monoisotopic (exact) mass is 619 g/mol. The minimum atomic E-state index is -4.45. The van der Waals surface area contributed by atoms with Crippen LogP contribution in [0.4, 0.5) is 13.2 Å². The van der Waals surface area contributed by atoms with Gasteiger partial charge in [-0.05, 0) is 41.7 Å². The molecule has 0 heterocycles. The van der Waals surface area contributed by atoms with Gasteiger partial charge in [-0.3, -0.25) is 14.4 Å². The van der Waals surface area contributed by atoms with Gasteiger partial charge in [0, 0.05) is 17.9 Å². The van der Waals surface area contributed by atoms with Crippen LogP contribution in [0.15, 0.2) is 72.8 Å². The highest BCUT2D eigenvalue weighted by atomic mass is 32.2. The molecule has 9 nitrogen and oxygen atoms in total. The number of aliphatic carboxylic acids is 2. The van der Waals surface area contributed by atoms with Crippen molar-refractivity contribution in [3.8, 4) is 11.1 Å². The molecule has 3 rings (SSSR count). The van der Waals surface area contributed by atoms with Crippen LogP contribution in [0.2, 0.25) is 0 Å². The van der Waals surface area contributed by atoms with Crippen molar-refractivity contribution >= 4 is 35.4 Å². The van der Waals surface area contributed by atoms with Gasteiger partial charge in [-0.2, -0.15) is 24.9 Å². The molecule has 0 aliphatic heterocycles. The second-order valence-electron chi connectivity index (χ2n) is 10.1. The third-order valence-corrected chi connectivity index (χ3v) is 8.13. The molecular formula is C30H32F3N3O6S. The highest BCUT2D eigenvalue weighted by molar-refractivity contribution is 7.98. The Balaban J connectivity index is 1.65. The van der Waals surface area contributed by atoms with Gasteiger partial charge < -0.3 is 27.0 Å². The van der Waals surface area contributed by atoms with E-state index in [1.165, 1.54) is 30.0 Å². The van der Waals surface area contributed by atoms with Gasteiger partial charge in [0.1, 0.15) is 12.1 Å². The molecule has 4 atom stereocenters. The van der Waals surface area contributed by atoms with E-state index in [1.807, 2.05) is 0 Å². The van der Waals surface area contributed by atoms with Gasteiger partial charge >= 0.3 is 18.1 Å². The van der Waals surface area contributed by atoms with Gasteiger partial charge in [-0.15, -0.1) is 0 Å². The van der Waals surface area contributed by atoms with E-state index in [9.17, 15) is 37.5 Å². The third kappa shape index (κ3) is 8.78. The standard InChI is InChI=1S/C30H32F3N3O6S/c31-30(32,33)21-6-4-5-20(15-21)19-9-7-18(8-10-19)16-43-17-23(35)26(38)29(13-2-1-3-14-29)25(28(41)42)36-24(37)12-11-22(34)27(39)40/h1-10,13,15,22-23,25H,11-12,14,16-17,34-35H2,(H,36,37)(H,39,40)(H,41,42)/t22-,23-,25-,29?/m0/s1. The molecule has 13 heteroatoms. The number of thioether (sulfide) groups is 1. The van der Waals surface area contributed by atoms with E-state index in [2.05, 4.69) is 5.32 Å². The maximum Gasteiger partial charge on any atom is 0.416 e. The number of hydrogen-bond donors (Lipinski definition) is 5. The second-order valence-corrected chi connectivity index (χ2v) is 11.1. The van der Waals surface area contributed by atoms with Crippen molar-refractivity contribution < 1.29 is 42.6 Å². The molecule has 0 bridgehead atoms. The van der Waals surface area contributed by atoms with Crippen LogP contribution in [-0.2, 0) is 31.1 Å². The molecule has 0 radical (unpaired) electrons. The minimum Gasteiger partial charge on any atom is -0.480 e. The zero-order chi connectivity index (χ0) is 31.8. The number of carbonyl (C=O) groups is 4. The van der Waals surface area contributed by atoms with Crippen molar-refractivity contribution in [3.05, 3.63) is 84.0 Å². The first-order valence-corrected chi connectivity index (χ1v) is 14.4. The Bertz CT molecular complexity index is 1400. The van der Waals surface area contributed by atoms with Crippen molar-refractivity contribution in [1.29, 1.82) is 0 Å². The SMILES string of the molecule is N[C@@H](CCC(=O)N[C@@H](C(=O)O)C1(C(=O)[C@@H](N)CSCc2ccc(-c3cccc(C(F)(F)F)c3)cc2)C=CC=CC1)C(=O)O. The van der Waals surface area contributed by atoms with Crippen molar-refractivity contribution in [2.24, 2.45) is 16.9 Å². The summed E-state index contributed by atoms with van der Waals surface area (Å²) in [6, 6.07) is 7.90. The molecule has 2 aromatic carbocycles. The molecule has 230 valence electrons. The van der Waals surface area contributed by atoms with Gasteiger partial charge in [-0.25, -0.2) is 4.79 Å². The van der Waals surface area contributed by atoms with Gasteiger partial charge in [0.2, 0.25) is 5.91 Å². The van der Waals surface area contributed by atoms with Gasteiger partial charge in [0.25, 0.3) is 0 Å². The normalized spacial score (nSPS) is 18.4. The van der Waals surface area contributed by atoms with E-state index < -0.39 is 58.9 Å². The van der Waals surface area contributed by atoms with E-state index in [4.69, 9.17) is 16.6 Å². The van der Waals surface area contributed by atoms with Gasteiger partial charge in [0.05, 0.1) is 17.0 Å². The summed E-state index contributed by atoms with van der Waals surface area (Å²) >= 11 is 1.32. The van der Waals surface area contributed by atoms with Gasteiger partial charge in [0.15, 0.2) is 5.78 Å². The van der Waals surface area contributed by atoms with Crippen LogP contribution in [0.3, 0.4) is 0 Å². The topological polar surface area (TPSA) is 173 Å². The maximum atomic E-state index is 13.6. The summed E-state index contributed by atoms with van der Waals surface area (Å²) in [6.45, 7) is 0. The van der Waals surface area contributed by atoms with E-state index in [-0.39, 0.29) is 25.0 Å². The summed E-state index contributed by atoms with van der Waals surface area (Å²) in [5.74, 6) is -3.56. The van der Waals surface area contributed by atoms with E-state index in [0.717, 1.165) is 17.7 Å². The number of ketones is 1. The molecule has 0 saturated carbocycles.